The molecule has 2 aromatic rings. The molecule has 7 heteroatoms. The second-order valence-corrected chi connectivity index (χ2v) is 7.21. The lowest BCUT2D eigenvalue weighted by Gasteiger charge is -2.18. The molecule has 0 aliphatic heterocycles. The van der Waals surface area contributed by atoms with Gasteiger partial charge in [0.25, 0.3) is 5.91 Å². The number of carbonyl (C=O) groups excluding carboxylic acids is 2. The molecule has 0 spiro atoms. The van der Waals surface area contributed by atoms with E-state index in [1.54, 1.807) is 6.07 Å². The maximum absolute atomic E-state index is 12.1. The van der Waals surface area contributed by atoms with Gasteiger partial charge in [0.2, 0.25) is 5.91 Å². The molecule has 0 fully saturated rings. The van der Waals surface area contributed by atoms with E-state index in [4.69, 9.17) is 23.2 Å². The van der Waals surface area contributed by atoms with E-state index < -0.39 is 5.91 Å². The lowest BCUT2D eigenvalue weighted by atomic mass is 10.1. The Kier molecular flexibility index (Phi) is 8.77. The number of hydrogen-bond donors (Lipinski definition) is 2. The molecule has 0 aliphatic rings. The fraction of sp³-hybridized carbons (Fsp3) is 0.333. The highest BCUT2D eigenvalue weighted by Gasteiger charge is 2.12. The van der Waals surface area contributed by atoms with Crippen molar-refractivity contribution in [2.75, 3.05) is 19.6 Å². The molecule has 2 N–H and O–H groups in total. The summed E-state index contributed by atoms with van der Waals surface area (Å²) in [6.07, 6.45) is 0. The largest absolute Gasteiger partial charge is 0.350 e. The normalized spacial score (nSPS) is 10.8. The molecule has 0 unspecified atom stereocenters. The van der Waals surface area contributed by atoms with E-state index >= 15 is 0 Å². The summed E-state index contributed by atoms with van der Waals surface area (Å²) in [4.78, 5) is 26.4. The monoisotopic (exact) mass is 421 g/mol. The van der Waals surface area contributed by atoms with Gasteiger partial charge in [0, 0.05) is 18.1 Å². The Hall–Kier alpha value is -2.08. The van der Waals surface area contributed by atoms with E-state index in [0.717, 1.165) is 25.2 Å². The lowest BCUT2D eigenvalue weighted by Crippen LogP contribution is -2.36. The summed E-state index contributed by atoms with van der Waals surface area (Å²) in [7, 11) is 0. The van der Waals surface area contributed by atoms with Gasteiger partial charge in [0.1, 0.15) is 0 Å². The van der Waals surface area contributed by atoms with Gasteiger partial charge in [0.15, 0.2) is 0 Å². The molecule has 0 heterocycles. The zero-order chi connectivity index (χ0) is 20.5. The van der Waals surface area contributed by atoms with Gasteiger partial charge in [0.05, 0.1) is 17.1 Å². The molecule has 0 saturated carbocycles. The molecule has 0 aliphatic carbocycles. The van der Waals surface area contributed by atoms with Crippen molar-refractivity contribution < 1.29 is 9.59 Å². The zero-order valence-electron chi connectivity index (χ0n) is 16.1. The minimum Gasteiger partial charge on any atom is -0.350 e. The molecule has 2 amide bonds. The van der Waals surface area contributed by atoms with Crippen LogP contribution in [0.15, 0.2) is 42.5 Å². The summed E-state index contributed by atoms with van der Waals surface area (Å²) in [5, 5.41) is 6.04. The number of amides is 2. The van der Waals surface area contributed by atoms with E-state index in [-0.39, 0.29) is 23.0 Å². The van der Waals surface area contributed by atoms with Crippen molar-refractivity contribution in [3.05, 3.63) is 69.2 Å². The summed E-state index contributed by atoms with van der Waals surface area (Å²) in [5.41, 5.74) is 2.53. The van der Waals surface area contributed by atoms with Crippen LogP contribution in [0.2, 0.25) is 10.0 Å². The molecular formula is C21H25Cl2N3O2. The van der Waals surface area contributed by atoms with Crippen LogP contribution in [0.5, 0.6) is 0 Å². The molecule has 2 aromatic carbocycles. The zero-order valence-corrected chi connectivity index (χ0v) is 17.6. The third-order valence-electron chi connectivity index (χ3n) is 4.40. The van der Waals surface area contributed by atoms with Crippen LogP contribution in [0.1, 0.15) is 35.3 Å². The van der Waals surface area contributed by atoms with Crippen LogP contribution in [0.25, 0.3) is 0 Å². The first-order chi connectivity index (χ1) is 13.4. The number of halogens is 2. The topological polar surface area (TPSA) is 61.4 Å². The number of nitrogens with zero attached hydrogens (tertiary/aromatic N) is 1. The van der Waals surface area contributed by atoms with Crippen molar-refractivity contribution in [2.45, 2.75) is 26.9 Å². The summed E-state index contributed by atoms with van der Waals surface area (Å²) in [6, 6.07) is 12.7. The molecule has 150 valence electrons. The second kappa shape index (κ2) is 11.1. The first-order valence-electron chi connectivity index (χ1n) is 9.23. The SMILES string of the molecule is CCN(CC)Cc1ccc(CNC(=O)CNC(=O)c2ccc(Cl)cc2Cl)cc1. The van der Waals surface area contributed by atoms with Crippen molar-refractivity contribution in [3.8, 4) is 0 Å². The molecule has 28 heavy (non-hydrogen) atoms. The van der Waals surface area contributed by atoms with Crippen molar-refractivity contribution in [1.82, 2.24) is 15.5 Å². The quantitative estimate of drug-likeness (QED) is 0.645. The Morgan fingerprint density at radius 3 is 2.18 bits per heavy atom. The summed E-state index contributed by atoms with van der Waals surface area (Å²) in [5.74, 6) is -0.691. The predicted molar refractivity (Wildman–Crippen MR) is 114 cm³/mol. The van der Waals surface area contributed by atoms with Gasteiger partial charge in [-0.15, -0.1) is 0 Å². The lowest BCUT2D eigenvalue weighted by molar-refractivity contribution is -0.120. The van der Waals surface area contributed by atoms with Crippen molar-refractivity contribution in [2.24, 2.45) is 0 Å². The van der Waals surface area contributed by atoms with Gasteiger partial charge in [-0.1, -0.05) is 61.3 Å². The molecule has 0 saturated heterocycles. The molecule has 2 rings (SSSR count). The van der Waals surface area contributed by atoms with Crippen molar-refractivity contribution in [1.29, 1.82) is 0 Å². The summed E-state index contributed by atoms with van der Waals surface area (Å²) in [6.45, 7) is 7.52. The van der Waals surface area contributed by atoms with Gasteiger partial charge in [-0.3, -0.25) is 14.5 Å². The fourth-order valence-electron chi connectivity index (χ4n) is 2.66. The Labute approximate surface area is 176 Å². The van der Waals surface area contributed by atoms with Gasteiger partial charge in [-0.25, -0.2) is 0 Å². The van der Waals surface area contributed by atoms with Gasteiger partial charge in [-0.05, 0) is 42.4 Å². The minimum absolute atomic E-state index is 0.127. The molecule has 5 nitrogen and oxygen atoms in total. The predicted octanol–water partition coefficient (Wildman–Crippen LogP) is 3.88. The fourth-order valence-corrected chi connectivity index (χ4v) is 3.15. The number of hydrogen-bond acceptors (Lipinski definition) is 3. The van der Waals surface area contributed by atoms with Crippen LogP contribution < -0.4 is 10.6 Å². The molecule has 0 aromatic heterocycles. The minimum atomic E-state index is -0.419. The van der Waals surface area contributed by atoms with Gasteiger partial charge >= 0.3 is 0 Å². The Morgan fingerprint density at radius 1 is 0.929 bits per heavy atom. The first-order valence-corrected chi connectivity index (χ1v) is 9.98. The number of nitrogens with one attached hydrogen (secondary N) is 2. The highest BCUT2D eigenvalue weighted by atomic mass is 35.5. The highest BCUT2D eigenvalue weighted by molar-refractivity contribution is 6.36. The van der Waals surface area contributed by atoms with Gasteiger partial charge in [-0.2, -0.15) is 0 Å². The van der Waals surface area contributed by atoms with Crippen molar-refractivity contribution >= 4 is 35.0 Å². The maximum atomic E-state index is 12.1. The third-order valence-corrected chi connectivity index (χ3v) is 4.95. The van der Waals surface area contributed by atoms with Crippen LogP contribution in [0.4, 0.5) is 0 Å². The van der Waals surface area contributed by atoms with E-state index in [0.29, 0.717) is 11.6 Å². The second-order valence-electron chi connectivity index (χ2n) is 6.36. The van der Waals surface area contributed by atoms with Crippen molar-refractivity contribution in [3.63, 3.8) is 0 Å². The van der Waals surface area contributed by atoms with E-state index in [1.165, 1.54) is 17.7 Å². The van der Waals surface area contributed by atoms with E-state index in [9.17, 15) is 9.59 Å². The Morgan fingerprint density at radius 2 is 1.57 bits per heavy atom. The number of carbonyl (C=O) groups is 2. The van der Waals surface area contributed by atoms with Crippen LogP contribution in [0.3, 0.4) is 0 Å². The Bertz CT molecular complexity index is 806. The Balaban J connectivity index is 1.78. The van der Waals surface area contributed by atoms with Crippen LogP contribution in [-0.2, 0) is 17.9 Å². The third kappa shape index (κ3) is 6.82. The first kappa shape index (κ1) is 22.2. The maximum Gasteiger partial charge on any atom is 0.253 e. The van der Waals surface area contributed by atoms with Crippen LogP contribution >= 0.6 is 23.2 Å². The smallest absolute Gasteiger partial charge is 0.253 e. The van der Waals surface area contributed by atoms with E-state index in [2.05, 4.69) is 41.5 Å². The van der Waals surface area contributed by atoms with Crippen LogP contribution in [0, 0.1) is 0 Å². The molecule has 0 bridgehead atoms. The number of benzene rings is 2. The standard InChI is InChI=1S/C21H25Cl2N3O2/c1-3-26(4-2)14-16-7-5-15(6-8-16)12-24-20(27)13-25-21(28)18-10-9-17(22)11-19(18)23/h5-11H,3-4,12-14H2,1-2H3,(H,24,27)(H,25,28). The summed E-state index contributed by atoms with van der Waals surface area (Å²) < 4.78 is 0. The van der Waals surface area contributed by atoms with E-state index in [1.807, 2.05) is 12.1 Å². The summed E-state index contributed by atoms with van der Waals surface area (Å²) >= 11 is 11.8. The average molecular weight is 422 g/mol. The van der Waals surface area contributed by atoms with Crippen LogP contribution in [-0.4, -0.2) is 36.3 Å². The number of rotatable bonds is 9. The molecule has 0 radical (unpaired) electrons. The average Bonchev–Trinajstić information content (AvgIpc) is 2.69. The molecule has 0 atom stereocenters. The van der Waals surface area contributed by atoms with Gasteiger partial charge < -0.3 is 10.6 Å². The molecular weight excluding hydrogens is 397 g/mol. The highest BCUT2D eigenvalue weighted by Crippen LogP contribution is 2.20.